The average Bonchev–Trinajstić information content (AvgIpc) is 2.65. The van der Waals surface area contributed by atoms with Crippen molar-refractivity contribution in [2.75, 3.05) is 14.2 Å². The number of carboxylic acids is 1. The van der Waals surface area contributed by atoms with E-state index in [4.69, 9.17) is 13.8 Å². The van der Waals surface area contributed by atoms with Gasteiger partial charge in [-0.2, -0.15) is 0 Å². The summed E-state index contributed by atoms with van der Waals surface area (Å²) in [6, 6.07) is 16.8. The summed E-state index contributed by atoms with van der Waals surface area (Å²) < 4.78 is 27.7. The second-order valence-corrected chi connectivity index (χ2v) is 7.81. The molecule has 7 heteroatoms. The number of carboxylic acid groups (broad SMARTS) is 1. The molecule has 0 spiro atoms. The van der Waals surface area contributed by atoms with Crippen LogP contribution in [0.1, 0.15) is 11.1 Å². The summed E-state index contributed by atoms with van der Waals surface area (Å²) in [6.07, 6.45) is 0.0350. The largest absolute Gasteiger partial charge is 0.489 e. The molecule has 0 heterocycles. The molecule has 1 atom stereocenters. The molecule has 1 N–H and O–H groups in total. The molecule has 134 valence electrons. The fourth-order valence-corrected chi connectivity index (χ4v) is 3.71. The van der Waals surface area contributed by atoms with Crippen LogP contribution in [-0.4, -0.2) is 31.0 Å². The van der Waals surface area contributed by atoms with Crippen LogP contribution in [0.3, 0.4) is 0 Å². The first-order valence-electron chi connectivity index (χ1n) is 7.68. The van der Waals surface area contributed by atoms with E-state index >= 15 is 0 Å². The summed E-state index contributed by atoms with van der Waals surface area (Å²) in [5.74, 6) is -0.558. The van der Waals surface area contributed by atoms with Crippen LogP contribution in [-0.2, 0) is 31.4 Å². The molecular formula is C18H21O6P. The lowest BCUT2D eigenvalue weighted by molar-refractivity contribution is -0.136. The van der Waals surface area contributed by atoms with Crippen molar-refractivity contribution in [3.05, 3.63) is 65.7 Å². The van der Waals surface area contributed by atoms with E-state index in [1.165, 1.54) is 14.2 Å². The van der Waals surface area contributed by atoms with Gasteiger partial charge in [-0.1, -0.05) is 42.5 Å². The molecule has 0 aromatic heterocycles. The number of ether oxygens (including phenoxy) is 1. The van der Waals surface area contributed by atoms with E-state index in [0.717, 1.165) is 5.56 Å². The zero-order valence-electron chi connectivity index (χ0n) is 14.1. The molecule has 0 saturated carbocycles. The molecule has 6 nitrogen and oxygen atoms in total. The minimum Gasteiger partial charge on any atom is -0.489 e. The molecule has 0 aliphatic rings. The summed E-state index contributed by atoms with van der Waals surface area (Å²) in [6.45, 7) is 0.445. The van der Waals surface area contributed by atoms with E-state index in [0.29, 0.717) is 17.9 Å². The highest BCUT2D eigenvalue weighted by molar-refractivity contribution is 7.55. The standard InChI is InChI=1S/C18H21O6P/c1-22-25(21,23-2)17(18(19)20)12-14-8-10-16(11-9-14)24-13-15-6-4-3-5-7-15/h3-11,17H,12-13H2,1-2H3,(H,19,20). The Hall–Kier alpha value is -2.14. The summed E-state index contributed by atoms with van der Waals surface area (Å²) in [7, 11) is -1.35. The number of aliphatic carboxylic acids is 1. The Morgan fingerprint density at radius 3 is 2.12 bits per heavy atom. The number of rotatable bonds is 9. The van der Waals surface area contributed by atoms with E-state index in [2.05, 4.69) is 0 Å². The molecular weight excluding hydrogens is 343 g/mol. The first-order chi connectivity index (χ1) is 12.0. The molecule has 0 radical (unpaired) electrons. The Morgan fingerprint density at radius 1 is 1.00 bits per heavy atom. The maximum absolute atomic E-state index is 12.4. The van der Waals surface area contributed by atoms with Crippen molar-refractivity contribution < 1.29 is 28.3 Å². The van der Waals surface area contributed by atoms with Crippen LogP contribution in [0.2, 0.25) is 0 Å². The molecule has 25 heavy (non-hydrogen) atoms. The molecule has 1 unspecified atom stereocenters. The fraction of sp³-hybridized carbons (Fsp3) is 0.278. The van der Waals surface area contributed by atoms with Gasteiger partial charge in [-0.25, -0.2) is 0 Å². The normalized spacial score (nSPS) is 12.6. The zero-order chi connectivity index (χ0) is 18.3. The molecule has 0 fully saturated rings. The van der Waals surface area contributed by atoms with Gasteiger partial charge in [0.25, 0.3) is 0 Å². The lowest BCUT2D eigenvalue weighted by Gasteiger charge is -2.21. The Morgan fingerprint density at radius 2 is 1.60 bits per heavy atom. The minimum atomic E-state index is -3.71. The highest BCUT2D eigenvalue weighted by Gasteiger charge is 2.39. The molecule has 2 aromatic rings. The topological polar surface area (TPSA) is 82.1 Å². The minimum absolute atomic E-state index is 0.0350. The van der Waals surface area contributed by atoms with E-state index in [1.54, 1.807) is 24.3 Å². The van der Waals surface area contributed by atoms with Crippen LogP contribution in [0.15, 0.2) is 54.6 Å². The lowest BCUT2D eigenvalue weighted by Crippen LogP contribution is -2.24. The molecule has 0 bridgehead atoms. The quantitative estimate of drug-likeness (QED) is 0.683. The van der Waals surface area contributed by atoms with Crippen LogP contribution in [0, 0.1) is 0 Å². The average molecular weight is 364 g/mol. The van der Waals surface area contributed by atoms with Crippen molar-refractivity contribution in [3.63, 3.8) is 0 Å². The predicted molar refractivity (Wildman–Crippen MR) is 94.0 cm³/mol. The predicted octanol–water partition coefficient (Wildman–Crippen LogP) is 3.75. The molecule has 0 saturated heterocycles. The van der Waals surface area contributed by atoms with E-state index in [9.17, 15) is 14.5 Å². The third kappa shape index (κ3) is 5.16. The number of carbonyl (C=O) groups is 1. The van der Waals surface area contributed by atoms with Gasteiger partial charge in [0.1, 0.15) is 12.4 Å². The second-order valence-electron chi connectivity index (χ2n) is 5.38. The first kappa shape index (κ1) is 19.2. The van der Waals surface area contributed by atoms with Crippen LogP contribution in [0.25, 0.3) is 0 Å². The van der Waals surface area contributed by atoms with Crippen molar-refractivity contribution in [3.8, 4) is 5.75 Å². The summed E-state index contributed by atoms with van der Waals surface area (Å²) in [5, 5.41) is 9.34. The smallest absolute Gasteiger partial charge is 0.344 e. The monoisotopic (exact) mass is 364 g/mol. The number of benzene rings is 2. The Bertz CT molecular complexity index is 721. The van der Waals surface area contributed by atoms with Crippen molar-refractivity contribution in [2.45, 2.75) is 18.7 Å². The third-order valence-electron chi connectivity index (χ3n) is 3.78. The van der Waals surface area contributed by atoms with Gasteiger partial charge in [0.15, 0.2) is 5.66 Å². The van der Waals surface area contributed by atoms with Gasteiger partial charge >= 0.3 is 13.6 Å². The Labute approximate surface area is 146 Å². The summed E-state index contributed by atoms with van der Waals surface area (Å²) >= 11 is 0. The lowest BCUT2D eigenvalue weighted by atomic mass is 10.1. The maximum Gasteiger partial charge on any atom is 0.344 e. The molecule has 2 aromatic carbocycles. The van der Waals surface area contributed by atoms with Gasteiger partial charge in [-0.3, -0.25) is 9.36 Å². The summed E-state index contributed by atoms with van der Waals surface area (Å²) in [4.78, 5) is 11.4. The van der Waals surface area contributed by atoms with E-state index < -0.39 is 19.2 Å². The van der Waals surface area contributed by atoms with Gasteiger partial charge in [0.05, 0.1) is 0 Å². The summed E-state index contributed by atoms with van der Waals surface area (Å²) in [5.41, 5.74) is 0.492. The fourth-order valence-electron chi connectivity index (χ4n) is 2.35. The van der Waals surface area contributed by atoms with E-state index in [1.807, 2.05) is 30.3 Å². The van der Waals surface area contributed by atoms with Gasteiger partial charge in [0.2, 0.25) is 0 Å². The van der Waals surface area contributed by atoms with Crippen molar-refractivity contribution in [2.24, 2.45) is 0 Å². The molecule has 0 aliphatic heterocycles. The Kier molecular flexibility index (Phi) is 6.76. The Balaban J connectivity index is 2.03. The second kappa shape index (κ2) is 8.81. The van der Waals surface area contributed by atoms with Crippen LogP contribution in [0.4, 0.5) is 0 Å². The van der Waals surface area contributed by atoms with Gasteiger partial charge < -0.3 is 18.9 Å². The SMILES string of the molecule is COP(=O)(OC)C(Cc1ccc(OCc2ccccc2)cc1)C(=O)O. The number of hydrogen-bond donors (Lipinski definition) is 1. The van der Waals surface area contributed by atoms with E-state index in [-0.39, 0.29) is 6.42 Å². The number of hydrogen-bond acceptors (Lipinski definition) is 5. The van der Waals surface area contributed by atoms with Crippen LogP contribution < -0.4 is 4.74 Å². The van der Waals surface area contributed by atoms with Crippen LogP contribution in [0.5, 0.6) is 5.75 Å². The maximum atomic E-state index is 12.4. The van der Waals surface area contributed by atoms with Crippen molar-refractivity contribution >= 4 is 13.6 Å². The molecule has 2 rings (SSSR count). The van der Waals surface area contributed by atoms with Gasteiger partial charge in [-0.15, -0.1) is 0 Å². The van der Waals surface area contributed by atoms with Crippen molar-refractivity contribution in [1.82, 2.24) is 0 Å². The highest BCUT2D eigenvalue weighted by atomic mass is 31.2. The third-order valence-corrected chi connectivity index (χ3v) is 5.96. The molecule has 0 amide bonds. The highest BCUT2D eigenvalue weighted by Crippen LogP contribution is 2.52. The van der Waals surface area contributed by atoms with Crippen LogP contribution >= 0.6 is 7.60 Å². The zero-order valence-corrected chi connectivity index (χ0v) is 15.0. The van der Waals surface area contributed by atoms with Crippen molar-refractivity contribution in [1.29, 1.82) is 0 Å². The first-order valence-corrected chi connectivity index (χ1v) is 9.29. The van der Waals surface area contributed by atoms with Gasteiger partial charge in [0, 0.05) is 14.2 Å². The molecule has 0 aliphatic carbocycles. The van der Waals surface area contributed by atoms with Gasteiger partial charge in [-0.05, 0) is 29.7 Å².